The molecule has 4 nitrogen and oxygen atoms in total. The molecule has 0 spiro atoms. The van der Waals surface area contributed by atoms with Crippen molar-refractivity contribution in [2.75, 3.05) is 7.11 Å². The van der Waals surface area contributed by atoms with Crippen LogP contribution in [-0.4, -0.2) is 13.1 Å². The molecule has 2 aromatic carbocycles. The van der Waals surface area contributed by atoms with Gasteiger partial charge < -0.3 is 4.74 Å². The van der Waals surface area contributed by atoms with E-state index >= 15 is 0 Å². The van der Waals surface area contributed by atoms with Crippen LogP contribution in [0.15, 0.2) is 42.5 Å². The maximum atomic E-state index is 13.9. The Bertz CT molecular complexity index is 813. The predicted molar refractivity (Wildman–Crippen MR) is 86.5 cm³/mol. The first-order valence-electron chi connectivity index (χ1n) is 7.75. The fourth-order valence-corrected chi connectivity index (χ4v) is 3.19. The molecule has 0 aliphatic heterocycles. The van der Waals surface area contributed by atoms with E-state index in [-0.39, 0.29) is 11.9 Å². The van der Waals surface area contributed by atoms with E-state index < -0.39 is 12.0 Å². The summed E-state index contributed by atoms with van der Waals surface area (Å²) in [6, 6.07) is 13.1. The topological polar surface area (TPSA) is 62.1 Å². The average molecular weight is 324 g/mol. The Balaban J connectivity index is 1.91. The molecule has 0 saturated carbocycles. The third-order valence-corrected chi connectivity index (χ3v) is 4.37. The summed E-state index contributed by atoms with van der Waals surface area (Å²) in [5.41, 5.74) is 2.71. The Morgan fingerprint density at radius 1 is 1.38 bits per heavy atom. The van der Waals surface area contributed by atoms with E-state index in [1.54, 1.807) is 30.3 Å². The summed E-state index contributed by atoms with van der Waals surface area (Å²) in [5.74, 6) is -0.646. The van der Waals surface area contributed by atoms with Gasteiger partial charge in [-0.1, -0.05) is 24.3 Å². The van der Waals surface area contributed by atoms with E-state index in [9.17, 15) is 9.18 Å². The number of carbonyl (C=O) groups is 1. The quantitative estimate of drug-likeness (QED) is 0.878. The lowest BCUT2D eigenvalue weighted by Crippen LogP contribution is -2.32. The number of halogens is 1. The zero-order valence-electron chi connectivity index (χ0n) is 13.3. The molecule has 1 N–H and O–H groups in total. The van der Waals surface area contributed by atoms with Crippen LogP contribution in [0.3, 0.4) is 0 Å². The number of methoxy groups -OCH3 is 1. The number of hydrogen-bond acceptors (Lipinski definition) is 4. The first-order chi connectivity index (χ1) is 11.6. The maximum absolute atomic E-state index is 13.9. The predicted octanol–water partition coefficient (Wildman–Crippen LogP) is 3.19. The molecule has 3 rings (SSSR count). The molecule has 5 heteroatoms. The lowest BCUT2D eigenvalue weighted by atomic mass is 10.0. The van der Waals surface area contributed by atoms with Crippen molar-refractivity contribution in [1.29, 1.82) is 5.26 Å². The van der Waals surface area contributed by atoms with Crippen LogP contribution in [0.5, 0.6) is 0 Å². The van der Waals surface area contributed by atoms with Gasteiger partial charge in [0.1, 0.15) is 11.9 Å². The van der Waals surface area contributed by atoms with Crippen LogP contribution in [0.25, 0.3) is 0 Å². The molecule has 0 aromatic heterocycles. The zero-order valence-corrected chi connectivity index (χ0v) is 13.3. The highest BCUT2D eigenvalue weighted by Crippen LogP contribution is 2.34. The number of hydrogen-bond donors (Lipinski definition) is 1. The highest BCUT2D eigenvalue weighted by Gasteiger charge is 2.30. The van der Waals surface area contributed by atoms with Crippen LogP contribution < -0.4 is 5.32 Å². The first-order valence-corrected chi connectivity index (χ1v) is 7.75. The highest BCUT2D eigenvalue weighted by molar-refractivity contribution is 5.77. The third kappa shape index (κ3) is 3.01. The zero-order chi connectivity index (χ0) is 17.1. The number of carbonyl (C=O) groups excluding carboxylic acids is 1. The smallest absolute Gasteiger partial charge is 0.327 e. The molecule has 0 fully saturated rings. The number of nitrogens with one attached hydrogen (secondary N) is 1. The van der Waals surface area contributed by atoms with Gasteiger partial charge in [-0.3, -0.25) is 5.32 Å². The normalized spacial score (nSPS) is 17.0. The number of rotatable bonds is 4. The van der Waals surface area contributed by atoms with Crippen molar-refractivity contribution in [3.05, 3.63) is 70.5 Å². The molecule has 0 heterocycles. The van der Waals surface area contributed by atoms with Crippen LogP contribution in [0, 0.1) is 17.1 Å². The van der Waals surface area contributed by atoms with E-state index in [0.29, 0.717) is 29.5 Å². The number of fused-ring (bicyclic) bond motifs is 1. The SMILES string of the molecule is COC(=O)[C@H](N[C@H]1CCc2c(F)cccc21)c1cccc(C#N)c1. The highest BCUT2D eigenvalue weighted by atomic mass is 19.1. The Hall–Kier alpha value is -2.71. The van der Waals surface area contributed by atoms with Crippen molar-refractivity contribution >= 4 is 5.97 Å². The molecule has 122 valence electrons. The van der Waals surface area contributed by atoms with Crippen LogP contribution >= 0.6 is 0 Å². The van der Waals surface area contributed by atoms with Gasteiger partial charge in [-0.05, 0) is 47.7 Å². The second kappa shape index (κ2) is 6.81. The lowest BCUT2D eigenvalue weighted by Gasteiger charge is -2.22. The van der Waals surface area contributed by atoms with Gasteiger partial charge >= 0.3 is 5.97 Å². The molecule has 1 aliphatic rings. The summed E-state index contributed by atoms with van der Waals surface area (Å²) in [6.45, 7) is 0. The van der Waals surface area contributed by atoms with Crippen molar-refractivity contribution < 1.29 is 13.9 Å². The average Bonchev–Trinajstić information content (AvgIpc) is 3.03. The molecule has 0 unspecified atom stereocenters. The minimum Gasteiger partial charge on any atom is -0.468 e. The molecule has 1 aliphatic carbocycles. The van der Waals surface area contributed by atoms with Gasteiger partial charge in [0.25, 0.3) is 0 Å². The molecule has 2 aromatic rings. The van der Waals surface area contributed by atoms with Gasteiger partial charge in [-0.2, -0.15) is 5.26 Å². The molecule has 2 atom stereocenters. The Kier molecular flexibility index (Phi) is 4.59. The minimum atomic E-state index is -0.706. The molecule has 0 radical (unpaired) electrons. The number of nitrogens with zero attached hydrogens (tertiary/aromatic N) is 1. The fraction of sp³-hybridized carbons (Fsp3) is 0.263. The number of esters is 1. The first kappa shape index (κ1) is 16.2. The third-order valence-electron chi connectivity index (χ3n) is 4.37. The number of nitriles is 1. The summed E-state index contributed by atoms with van der Waals surface area (Å²) in [5, 5.41) is 12.3. The molecule has 0 saturated heterocycles. The largest absolute Gasteiger partial charge is 0.468 e. The van der Waals surface area contributed by atoms with Crippen LogP contribution in [0.2, 0.25) is 0 Å². The van der Waals surface area contributed by atoms with Crippen molar-refractivity contribution in [2.45, 2.75) is 24.9 Å². The van der Waals surface area contributed by atoms with Crippen molar-refractivity contribution in [3.8, 4) is 6.07 Å². The van der Waals surface area contributed by atoms with Crippen molar-refractivity contribution in [2.24, 2.45) is 0 Å². The second-order valence-electron chi connectivity index (χ2n) is 5.76. The van der Waals surface area contributed by atoms with Crippen LogP contribution in [-0.2, 0) is 16.0 Å². The van der Waals surface area contributed by atoms with E-state index in [2.05, 4.69) is 11.4 Å². The Morgan fingerprint density at radius 2 is 2.17 bits per heavy atom. The summed E-state index contributed by atoms with van der Waals surface area (Å²) >= 11 is 0. The van der Waals surface area contributed by atoms with Gasteiger partial charge in [0.15, 0.2) is 0 Å². The summed E-state index contributed by atoms with van der Waals surface area (Å²) < 4.78 is 18.8. The second-order valence-corrected chi connectivity index (χ2v) is 5.76. The van der Waals surface area contributed by atoms with E-state index in [0.717, 1.165) is 5.56 Å². The molecule has 0 amide bonds. The van der Waals surface area contributed by atoms with E-state index in [4.69, 9.17) is 10.00 Å². The number of benzene rings is 2. The Labute approximate surface area is 139 Å². The van der Waals surface area contributed by atoms with Crippen LogP contribution in [0.4, 0.5) is 4.39 Å². The Morgan fingerprint density at radius 3 is 2.92 bits per heavy atom. The summed E-state index contributed by atoms with van der Waals surface area (Å²) in [7, 11) is 1.33. The number of ether oxygens (including phenoxy) is 1. The van der Waals surface area contributed by atoms with Gasteiger partial charge in [0.05, 0.1) is 18.7 Å². The van der Waals surface area contributed by atoms with E-state index in [1.807, 2.05) is 6.07 Å². The fourth-order valence-electron chi connectivity index (χ4n) is 3.19. The lowest BCUT2D eigenvalue weighted by molar-refractivity contribution is -0.143. The standard InChI is InChI=1S/C19H17FN2O2/c1-24-19(23)18(13-5-2-4-12(10-13)11-21)22-17-9-8-14-15(17)6-3-7-16(14)20/h2-7,10,17-18,22H,8-9H2,1H3/t17-,18+/m0/s1. The molecule has 24 heavy (non-hydrogen) atoms. The van der Waals surface area contributed by atoms with Gasteiger partial charge in [0, 0.05) is 6.04 Å². The van der Waals surface area contributed by atoms with Crippen molar-refractivity contribution in [1.82, 2.24) is 5.32 Å². The summed E-state index contributed by atoms with van der Waals surface area (Å²) in [4.78, 5) is 12.2. The van der Waals surface area contributed by atoms with E-state index in [1.165, 1.54) is 13.2 Å². The molecule has 0 bridgehead atoms. The van der Waals surface area contributed by atoms with Gasteiger partial charge in [-0.15, -0.1) is 0 Å². The van der Waals surface area contributed by atoms with Gasteiger partial charge in [0.2, 0.25) is 0 Å². The maximum Gasteiger partial charge on any atom is 0.327 e. The molecular formula is C19H17FN2O2. The van der Waals surface area contributed by atoms with Crippen molar-refractivity contribution in [3.63, 3.8) is 0 Å². The monoisotopic (exact) mass is 324 g/mol. The van der Waals surface area contributed by atoms with Gasteiger partial charge in [-0.25, -0.2) is 9.18 Å². The molecular weight excluding hydrogens is 307 g/mol. The minimum absolute atomic E-state index is 0.134. The summed E-state index contributed by atoms with van der Waals surface area (Å²) in [6.07, 6.45) is 1.34. The van der Waals surface area contributed by atoms with Crippen LogP contribution in [0.1, 0.15) is 40.8 Å².